The Bertz CT molecular complexity index is 4920. The van der Waals surface area contributed by atoms with Crippen LogP contribution in [0.5, 0.6) is 40.2 Å². The van der Waals surface area contributed by atoms with Crippen molar-refractivity contribution in [2.24, 2.45) is 23.2 Å². The fourth-order valence-corrected chi connectivity index (χ4v) is 17.7. The number of esters is 1. The van der Waals surface area contributed by atoms with Crippen LogP contribution in [0, 0.1) is 23.2 Å². The maximum Gasteiger partial charge on any atom is 0.317 e. The van der Waals surface area contributed by atoms with Crippen molar-refractivity contribution < 1.29 is 44.9 Å². The third kappa shape index (κ3) is 30.8. The number of aromatic hydroxyl groups is 5. The molecule has 5 aliphatic carbocycles. The smallest absolute Gasteiger partial charge is 0.317 e. The summed E-state index contributed by atoms with van der Waals surface area (Å²) in [5.41, 5.74) is 14.8. The van der Waals surface area contributed by atoms with Gasteiger partial charge >= 0.3 is 5.97 Å². The number of fused-ring (bicyclic) bond motifs is 1. The second-order valence-electron chi connectivity index (χ2n) is 37.7. The molecule has 0 saturated heterocycles. The number of carbonyl (C=O) groups is 1. The van der Waals surface area contributed by atoms with Crippen LogP contribution in [0.3, 0.4) is 0 Å². The molecule has 6 N–H and O–H groups in total. The summed E-state index contributed by atoms with van der Waals surface area (Å²) in [4.78, 5) is 12.9. The Morgan fingerprint density at radius 3 is 0.977 bits per heavy atom. The number of benzene rings is 12. The van der Waals surface area contributed by atoms with Gasteiger partial charge in [0.15, 0.2) is 0 Å². The summed E-state index contributed by atoms with van der Waals surface area (Å²) in [6.07, 6.45) is 16.4. The minimum Gasteiger partial charge on any atom is -0.508 e. The van der Waals surface area contributed by atoms with E-state index >= 15 is 0 Å². The number of carbonyl (C=O) groups excluding carboxylic acids is 1. The van der Waals surface area contributed by atoms with E-state index in [1.54, 1.807) is 54.6 Å². The number of rotatable bonds is 22. The topological polar surface area (TPSA) is 157 Å². The molecule has 0 aromatic heterocycles. The molecule has 0 aliphatic heterocycles. The van der Waals surface area contributed by atoms with E-state index in [0.29, 0.717) is 94.5 Å². The van der Waals surface area contributed by atoms with Gasteiger partial charge in [0.1, 0.15) is 46.9 Å². The van der Waals surface area contributed by atoms with Gasteiger partial charge in [-0.15, -0.1) is 0 Å². The van der Waals surface area contributed by atoms with Gasteiger partial charge in [-0.05, 0) is 360 Å². The predicted molar refractivity (Wildman–Crippen MR) is 540 cm³/mol. The van der Waals surface area contributed by atoms with E-state index in [4.69, 9.17) is 35.0 Å². The highest BCUT2D eigenvalue weighted by molar-refractivity contribution is 5.92. The molecule has 9 nitrogen and oxygen atoms in total. The van der Waals surface area contributed by atoms with Gasteiger partial charge in [-0.3, -0.25) is 4.79 Å². The molecule has 4 saturated carbocycles. The zero-order valence-electron chi connectivity index (χ0n) is 81.0. The van der Waals surface area contributed by atoms with Crippen molar-refractivity contribution in [1.29, 1.82) is 0 Å². The van der Waals surface area contributed by atoms with Gasteiger partial charge < -0.3 is 40.1 Å². The molecule has 10 atom stereocenters. The van der Waals surface area contributed by atoms with Crippen molar-refractivity contribution in [3.8, 4) is 40.2 Å². The second kappa shape index (κ2) is 51.0. The Labute approximate surface area is 770 Å². The van der Waals surface area contributed by atoms with Gasteiger partial charge in [-0.1, -0.05) is 307 Å². The first-order chi connectivity index (χ1) is 61.3. The van der Waals surface area contributed by atoms with Crippen LogP contribution in [0.15, 0.2) is 273 Å². The number of hydrogen-bond donors (Lipinski definition) is 6. The highest BCUT2D eigenvalue weighted by atomic mass is 16.5. The lowest BCUT2D eigenvalue weighted by atomic mass is 9.49. The van der Waals surface area contributed by atoms with Gasteiger partial charge in [-0.2, -0.15) is 0 Å². The lowest BCUT2D eigenvalue weighted by Gasteiger charge is -2.55. The molecule has 0 spiro atoms. The van der Waals surface area contributed by atoms with E-state index in [2.05, 4.69) is 252 Å². The Balaban J connectivity index is 0.000000181. The third-order valence-electron chi connectivity index (χ3n) is 27.9. The average molecular weight is 1730 g/mol. The molecule has 0 amide bonds. The molecule has 5 aliphatic rings. The SMILES string of the molecule is CC1c2cccc3cccc(c23)C1C.CCC(C)c1ccc(C(C)(C)O)cc1.CCC(C)c1ccc(O)cc1.CCC(C)c1ccc(O)cc1.CCC(C)c1ccc(O)cc1.CCC(C)c1ccc(O)cc1.CCC(C)c1ccc(OC(=O)C23CC4CC(CC(C4)C2)C3)cc1.CCC(C)c1ccc(OCc2ccc3ccccc3c2)cc1.CCC(C)c1cccc(O)c1. The summed E-state index contributed by atoms with van der Waals surface area (Å²) in [6.45, 7) is 43.9. The van der Waals surface area contributed by atoms with Crippen LogP contribution in [0.2, 0.25) is 0 Å². The fraction of sp³-hybridized carbons (Fsp3) is 0.420. The zero-order valence-corrected chi connectivity index (χ0v) is 81.0. The maximum absolute atomic E-state index is 12.9. The molecule has 128 heavy (non-hydrogen) atoms. The fourth-order valence-electron chi connectivity index (χ4n) is 17.7. The Morgan fingerprint density at radius 2 is 0.641 bits per heavy atom. The summed E-state index contributed by atoms with van der Waals surface area (Å²) in [5.74, 6) is 11.8. The van der Waals surface area contributed by atoms with Crippen molar-refractivity contribution >= 4 is 27.5 Å². The first-order valence-electron chi connectivity index (χ1n) is 48.1. The average Bonchev–Trinajstić information content (AvgIpc) is 1.41. The predicted octanol–water partition coefficient (Wildman–Crippen LogP) is 33.3. The minimum atomic E-state index is -0.728. The molecule has 12 aromatic rings. The van der Waals surface area contributed by atoms with Crippen LogP contribution in [0.1, 0.15) is 354 Å². The lowest BCUT2D eigenvalue weighted by molar-refractivity contribution is -0.161. The Kier molecular flexibility index (Phi) is 40.9. The standard InChI is InChI=1S/C21H28O2.C21H22O.C14H14.C13H20O.5C10H14O/c1-3-14(2)18-4-6-19(7-5-18)23-20(22)21-11-15-8-16(12-21)10-17(9-15)13-21;1-3-16(2)18-10-12-21(13-11-18)22-15-17-8-9-19-6-4-5-7-20(19)14-17;1-9-10(2)13-8-4-6-11-5-3-7-12(9)14(11)13;1-5-10(2)11-6-8-12(9-7-11)13(3,4)14;4*1-3-8(2)9-4-6-10(11)7-5-9;1-3-8(2)9-5-4-6-10(11)7-9/h4-7,14-17H,3,8-13H2,1-2H3;4-14,16H,3,15H2,1-2H3;3-10H,1-2H3;6-10,14H,5H2,1-4H3;5*4-8,11H,3H2,1-2H3. The molecule has 684 valence electrons. The van der Waals surface area contributed by atoms with E-state index < -0.39 is 5.60 Å². The van der Waals surface area contributed by atoms with E-state index in [1.165, 1.54) is 102 Å². The molecule has 17 rings (SSSR count). The molecule has 0 radical (unpaired) electrons. The van der Waals surface area contributed by atoms with Gasteiger partial charge in [0.2, 0.25) is 0 Å². The molecule has 12 aromatic carbocycles. The van der Waals surface area contributed by atoms with Crippen molar-refractivity contribution in [3.05, 3.63) is 340 Å². The molecule has 9 heteroatoms. The minimum absolute atomic E-state index is 0.0490. The maximum atomic E-state index is 12.9. The van der Waals surface area contributed by atoms with Crippen molar-refractivity contribution in [1.82, 2.24) is 0 Å². The van der Waals surface area contributed by atoms with Gasteiger partial charge in [0, 0.05) is 0 Å². The number of phenols is 5. The van der Waals surface area contributed by atoms with E-state index in [-0.39, 0.29) is 11.4 Å². The molecule has 4 fully saturated rings. The van der Waals surface area contributed by atoms with E-state index in [9.17, 15) is 9.90 Å². The highest BCUT2D eigenvalue weighted by Crippen LogP contribution is 2.60. The number of hydrogen-bond acceptors (Lipinski definition) is 9. The van der Waals surface area contributed by atoms with Crippen molar-refractivity contribution in [2.45, 2.75) is 300 Å². The molecular weight excluding hydrogens is 1570 g/mol. The second-order valence-corrected chi connectivity index (χ2v) is 37.7. The van der Waals surface area contributed by atoms with Gasteiger partial charge in [0.25, 0.3) is 0 Å². The normalized spacial score (nSPS) is 18.3. The molecule has 10 unspecified atom stereocenters. The van der Waals surface area contributed by atoms with Crippen molar-refractivity contribution in [2.75, 3.05) is 0 Å². The summed E-state index contributed by atoms with van der Waals surface area (Å²) in [7, 11) is 0. The third-order valence-corrected chi connectivity index (χ3v) is 27.9. The largest absolute Gasteiger partial charge is 0.508 e. The van der Waals surface area contributed by atoms with E-state index in [1.807, 2.05) is 105 Å². The van der Waals surface area contributed by atoms with E-state index in [0.717, 1.165) is 105 Å². The number of aliphatic hydroxyl groups is 1. The first kappa shape index (κ1) is 103. The van der Waals surface area contributed by atoms with Gasteiger partial charge in [-0.25, -0.2) is 0 Å². The lowest BCUT2D eigenvalue weighted by Crippen LogP contribution is -2.51. The summed E-state index contributed by atoms with van der Waals surface area (Å²) < 4.78 is 11.7. The van der Waals surface area contributed by atoms with Crippen LogP contribution in [0.4, 0.5) is 0 Å². The van der Waals surface area contributed by atoms with Crippen LogP contribution in [-0.4, -0.2) is 36.6 Å². The first-order valence-corrected chi connectivity index (χ1v) is 48.1. The highest BCUT2D eigenvalue weighted by Gasteiger charge is 2.55. The number of phenolic OH excluding ortho intramolecular Hbond substituents is 5. The molecule has 0 heterocycles. The van der Waals surface area contributed by atoms with Crippen LogP contribution >= 0.6 is 0 Å². The van der Waals surface area contributed by atoms with Gasteiger partial charge in [0.05, 0.1) is 11.0 Å². The Morgan fingerprint density at radius 1 is 0.336 bits per heavy atom. The van der Waals surface area contributed by atoms with Crippen LogP contribution < -0.4 is 9.47 Å². The van der Waals surface area contributed by atoms with Crippen LogP contribution in [0.25, 0.3) is 21.5 Å². The molecular formula is C119H154O9. The van der Waals surface area contributed by atoms with Crippen molar-refractivity contribution in [3.63, 3.8) is 0 Å². The summed E-state index contributed by atoms with van der Waals surface area (Å²) in [6, 6.07) is 90.3. The monoisotopic (exact) mass is 1730 g/mol. The zero-order chi connectivity index (χ0) is 93.2. The summed E-state index contributed by atoms with van der Waals surface area (Å²) in [5, 5.41) is 60.4. The quantitative estimate of drug-likeness (QED) is 0.0287. The van der Waals surface area contributed by atoms with Crippen LogP contribution in [-0.2, 0) is 17.0 Å². The molecule has 4 bridgehead atoms. The number of ether oxygens (including phenoxy) is 2. The Hall–Kier alpha value is -10.6. The summed E-state index contributed by atoms with van der Waals surface area (Å²) >= 11 is 0.